The Hall–Kier alpha value is -2.70. The molecule has 0 fully saturated rings. The molecule has 0 unspecified atom stereocenters. The Kier molecular flexibility index (Phi) is 5.79. The van der Waals surface area contributed by atoms with Crippen LogP contribution in [-0.4, -0.2) is 34.9 Å². The van der Waals surface area contributed by atoms with Crippen LogP contribution in [0.1, 0.15) is 51.5 Å². The van der Waals surface area contributed by atoms with Crippen LogP contribution in [0.15, 0.2) is 18.2 Å². The number of nitrogens with zero attached hydrogens (tertiary/aromatic N) is 1. The van der Waals surface area contributed by atoms with Crippen molar-refractivity contribution in [3.63, 3.8) is 0 Å². The van der Waals surface area contributed by atoms with Gasteiger partial charge in [-0.3, -0.25) is 4.79 Å². The summed E-state index contributed by atoms with van der Waals surface area (Å²) in [5.74, 6) is -2.30. The zero-order valence-electron chi connectivity index (χ0n) is 15.4. The monoisotopic (exact) mass is 364 g/mol. The van der Waals surface area contributed by atoms with E-state index in [0.29, 0.717) is 16.8 Å². The average Bonchev–Trinajstić information content (AvgIpc) is 2.83. The molecule has 0 saturated carbocycles. The van der Waals surface area contributed by atoms with Gasteiger partial charge in [-0.1, -0.05) is 6.07 Å². The van der Waals surface area contributed by atoms with Gasteiger partial charge in [-0.15, -0.1) is 0 Å². The quantitative estimate of drug-likeness (QED) is 0.822. The predicted molar refractivity (Wildman–Crippen MR) is 93.0 cm³/mol. The van der Waals surface area contributed by atoms with Crippen molar-refractivity contribution in [3.05, 3.63) is 57.9 Å². The summed E-state index contributed by atoms with van der Waals surface area (Å²) < 4.78 is 32.0. The number of hydrogen-bond acceptors (Lipinski definition) is 3. The van der Waals surface area contributed by atoms with Crippen LogP contribution in [-0.2, 0) is 11.3 Å². The number of carbonyl (C=O) groups excluding carboxylic acids is 2. The molecule has 140 valence electrons. The van der Waals surface area contributed by atoms with Gasteiger partial charge in [0.25, 0.3) is 5.91 Å². The first-order valence-corrected chi connectivity index (χ1v) is 8.21. The summed E-state index contributed by atoms with van der Waals surface area (Å²) in [4.78, 5) is 29.1. The SMILES string of the molecule is Cc1[nH]c(C(=O)N(C)Cc2ccc(F)cc2F)c(C)c1C(=O)OC(C)C. The van der Waals surface area contributed by atoms with E-state index >= 15 is 0 Å². The smallest absolute Gasteiger partial charge is 0.340 e. The molecule has 0 aliphatic rings. The number of hydrogen-bond donors (Lipinski definition) is 1. The summed E-state index contributed by atoms with van der Waals surface area (Å²) in [5, 5.41) is 0. The molecular formula is C19H22F2N2O3. The van der Waals surface area contributed by atoms with Crippen molar-refractivity contribution in [2.75, 3.05) is 7.05 Å². The summed E-state index contributed by atoms with van der Waals surface area (Å²) in [6.45, 7) is 6.78. The second kappa shape index (κ2) is 7.68. The lowest BCUT2D eigenvalue weighted by Gasteiger charge is -2.17. The van der Waals surface area contributed by atoms with Crippen molar-refractivity contribution in [3.8, 4) is 0 Å². The molecule has 1 aromatic carbocycles. The molecular weight excluding hydrogens is 342 g/mol. The number of halogens is 2. The molecule has 0 radical (unpaired) electrons. The molecule has 2 rings (SSSR count). The van der Waals surface area contributed by atoms with Crippen LogP contribution in [0.4, 0.5) is 8.78 Å². The van der Waals surface area contributed by atoms with E-state index < -0.39 is 23.5 Å². The number of aryl methyl sites for hydroxylation is 1. The molecule has 26 heavy (non-hydrogen) atoms. The minimum absolute atomic E-state index is 0.0335. The van der Waals surface area contributed by atoms with Gasteiger partial charge in [0.05, 0.1) is 11.7 Å². The van der Waals surface area contributed by atoms with E-state index in [9.17, 15) is 18.4 Å². The molecule has 2 aromatic rings. The Bertz CT molecular complexity index is 844. The molecule has 1 aromatic heterocycles. The number of amides is 1. The van der Waals surface area contributed by atoms with Gasteiger partial charge in [0.2, 0.25) is 0 Å². The van der Waals surface area contributed by atoms with Crippen molar-refractivity contribution in [1.29, 1.82) is 0 Å². The van der Waals surface area contributed by atoms with E-state index in [0.717, 1.165) is 12.1 Å². The van der Waals surface area contributed by atoms with Crippen molar-refractivity contribution in [1.82, 2.24) is 9.88 Å². The first kappa shape index (κ1) is 19.6. The maximum absolute atomic E-state index is 13.8. The van der Waals surface area contributed by atoms with Gasteiger partial charge in [-0.25, -0.2) is 13.6 Å². The lowest BCUT2D eigenvalue weighted by atomic mass is 10.1. The Balaban J connectivity index is 2.25. The molecule has 1 amide bonds. The highest BCUT2D eigenvalue weighted by molar-refractivity contribution is 6.00. The minimum atomic E-state index is -0.717. The maximum Gasteiger partial charge on any atom is 0.340 e. The van der Waals surface area contributed by atoms with Gasteiger partial charge in [-0.2, -0.15) is 0 Å². The van der Waals surface area contributed by atoms with Crippen LogP contribution in [0.5, 0.6) is 0 Å². The number of aromatic amines is 1. The van der Waals surface area contributed by atoms with E-state index in [1.807, 2.05) is 0 Å². The van der Waals surface area contributed by atoms with Gasteiger partial charge in [0, 0.05) is 30.9 Å². The van der Waals surface area contributed by atoms with E-state index in [4.69, 9.17) is 4.74 Å². The van der Waals surface area contributed by atoms with E-state index in [1.54, 1.807) is 27.7 Å². The van der Waals surface area contributed by atoms with Gasteiger partial charge in [0.15, 0.2) is 0 Å². The van der Waals surface area contributed by atoms with Crippen LogP contribution in [0.3, 0.4) is 0 Å². The number of aromatic nitrogens is 1. The van der Waals surface area contributed by atoms with Gasteiger partial charge >= 0.3 is 5.97 Å². The number of nitrogens with one attached hydrogen (secondary N) is 1. The van der Waals surface area contributed by atoms with Crippen molar-refractivity contribution < 1.29 is 23.1 Å². The second-order valence-electron chi connectivity index (χ2n) is 6.48. The molecule has 1 N–H and O–H groups in total. The molecule has 0 bridgehead atoms. The third-order valence-corrected chi connectivity index (χ3v) is 3.97. The number of esters is 1. The summed E-state index contributed by atoms with van der Waals surface area (Å²) in [7, 11) is 1.51. The van der Waals surface area contributed by atoms with Crippen LogP contribution >= 0.6 is 0 Å². The van der Waals surface area contributed by atoms with E-state index in [1.165, 1.54) is 18.0 Å². The fourth-order valence-corrected chi connectivity index (χ4v) is 2.71. The Labute approximate surface area is 151 Å². The summed E-state index contributed by atoms with van der Waals surface area (Å²) in [5.41, 5.74) is 1.76. The number of benzene rings is 1. The first-order chi connectivity index (χ1) is 12.1. The highest BCUT2D eigenvalue weighted by atomic mass is 19.1. The topological polar surface area (TPSA) is 62.4 Å². The van der Waals surface area contributed by atoms with Crippen LogP contribution in [0.25, 0.3) is 0 Å². The highest BCUT2D eigenvalue weighted by Crippen LogP contribution is 2.21. The predicted octanol–water partition coefficient (Wildman–Crippen LogP) is 3.75. The van der Waals surface area contributed by atoms with Gasteiger partial charge in [-0.05, 0) is 39.3 Å². The largest absolute Gasteiger partial charge is 0.459 e. The minimum Gasteiger partial charge on any atom is -0.459 e. The maximum atomic E-state index is 13.8. The molecule has 0 spiro atoms. The average molecular weight is 364 g/mol. The molecule has 0 aliphatic carbocycles. The van der Waals surface area contributed by atoms with Crippen LogP contribution in [0, 0.1) is 25.5 Å². The number of rotatable bonds is 5. The van der Waals surface area contributed by atoms with Crippen molar-refractivity contribution in [2.45, 2.75) is 40.3 Å². The number of ether oxygens (including phenoxy) is 1. The fourth-order valence-electron chi connectivity index (χ4n) is 2.71. The zero-order chi connectivity index (χ0) is 19.6. The number of H-pyrrole nitrogens is 1. The molecule has 0 aliphatic heterocycles. The van der Waals surface area contributed by atoms with Crippen molar-refractivity contribution in [2.24, 2.45) is 0 Å². The molecule has 0 saturated heterocycles. The molecule has 5 nitrogen and oxygen atoms in total. The third kappa shape index (κ3) is 4.09. The van der Waals surface area contributed by atoms with E-state index in [-0.39, 0.29) is 23.9 Å². The van der Waals surface area contributed by atoms with Gasteiger partial charge in [0.1, 0.15) is 17.3 Å². The molecule has 0 atom stereocenters. The lowest BCUT2D eigenvalue weighted by Crippen LogP contribution is -2.27. The Morgan fingerprint density at radius 3 is 2.46 bits per heavy atom. The van der Waals surface area contributed by atoms with Gasteiger partial charge < -0.3 is 14.6 Å². The van der Waals surface area contributed by atoms with Crippen LogP contribution in [0.2, 0.25) is 0 Å². The summed E-state index contributed by atoms with van der Waals surface area (Å²) in [6, 6.07) is 3.21. The standard InChI is InChI=1S/C19H22F2N2O3/c1-10(2)26-19(25)16-11(3)17(22-12(16)4)18(24)23(5)9-13-6-7-14(20)8-15(13)21/h6-8,10,22H,9H2,1-5H3. The molecule has 7 heteroatoms. The summed E-state index contributed by atoms with van der Waals surface area (Å²) in [6.07, 6.45) is -0.278. The fraction of sp³-hybridized carbons (Fsp3) is 0.368. The first-order valence-electron chi connectivity index (χ1n) is 8.21. The highest BCUT2D eigenvalue weighted by Gasteiger charge is 2.25. The van der Waals surface area contributed by atoms with Crippen LogP contribution < -0.4 is 0 Å². The molecule has 1 heterocycles. The summed E-state index contributed by atoms with van der Waals surface area (Å²) >= 11 is 0. The Morgan fingerprint density at radius 2 is 1.88 bits per heavy atom. The van der Waals surface area contributed by atoms with Crippen molar-refractivity contribution >= 4 is 11.9 Å². The number of carbonyl (C=O) groups is 2. The zero-order valence-corrected chi connectivity index (χ0v) is 15.4. The Morgan fingerprint density at radius 1 is 1.23 bits per heavy atom. The third-order valence-electron chi connectivity index (χ3n) is 3.97. The van der Waals surface area contributed by atoms with E-state index in [2.05, 4.69) is 4.98 Å². The second-order valence-corrected chi connectivity index (χ2v) is 6.48. The lowest BCUT2D eigenvalue weighted by molar-refractivity contribution is 0.0376. The normalized spacial score (nSPS) is 10.9.